The average Bonchev–Trinajstić information content (AvgIpc) is 3.18. The Morgan fingerprint density at radius 2 is 1.87 bits per heavy atom. The van der Waals surface area contributed by atoms with Gasteiger partial charge in [-0.25, -0.2) is 8.42 Å². The third-order valence-corrected chi connectivity index (χ3v) is 5.84. The van der Waals surface area contributed by atoms with Gasteiger partial charge in [0.1, 0.15) is 17.5 Å². The Balaban J connectivity index is 1.82. The van der Waals surface area contributed by atoms with Crippen LogP contribution < -0.4 is 28.6 Å². The van der Waals surface area contributed by atoms with Gasteiger partial charge in [-0.05, 0) is 36.8 Å². The lowest BCUT2D eigenvalue weighted by atomic mass is 10.2. The van der Waals surface area contributed by atoms with Crippen molar-refractivity contribution in [1.82, 2.24) is 5.32 Å². The van der Waals surface area contributed by atoms with Crippen LogP contribution >= 0.6 is 0 Å². The molecule has 0 radical (unpaired) electrons. The largest absolute Gasteiger partial charge is 0.497 e. The molecule has 2 aromatic rings. The number of hydrogen-bond donors (Lipinski definition) is 1. The fraction of sp³-hybridized carbons (Fsp3) is 0.350. The summed E-state index contributed by atoms with van der Waals surface area (Å²) in [7, 11) is -0.914. The van der Waals surface area contributed by atoms with Gasteiger partial charge in [-0.2, -0.15) is 0 Å². The highest BCUT2D eigenvalue weighted by Gasteiger charge is 2.31. The second-order valence-corrected chi connectivity index (χ2v) is 8.54. The summed E-state index contributed by atoms with van der Waals surface area (Å²) >= 11 is 0. The van der Waals surface area contributed by atoms with E-state index in [0.717, 1.165) is 16.1 Å². The molecule has 0 saturated carbocycles. The van der Waals surface area contributed by atoms with Crippen LogP contribution in [0.15, 0.2) is 36.4 Å². The van der Waals surface area contributed by atoms with Crippen molar-refractivity contribution in [2.24, 2.45) is 0 Å². The lowest BCUT2D eigenvalue weighted by Crippen LogP contribution is -2.47. The lowest BCUT2D eigenvalue weighted by molar-refractivity contribution is -0.122. The highest BCUT2D eigenvalue weighted by molar-refractivity contribution is 7.92. The van der Waals surface area contributed by atoms with Crippen molar-refractivity contribution in [3.05, 3.63) is 42.0 Å². The molecule has 1 amide bonds. The minimum Gasteiger partial charge on any atom is -0.497 e. The standard InChI is InChI=1S/C20H24N2O7S/c1-13(20(23)21-11-14-5-7-18-19(9-14)29-12-28-18)22(30(4,24)25)16-10-15(26-2)6-8-17(16)27-3/h5-10,13H,11-12H2,1-4H3,(H,21,23)/t13-/m0/s1. The van der Waals surface area contributed by atoms with Gasteiger partial charge in [0.15, 0.2) is 11.5 Å². The molecule has 10 heteroatoms. The number of sulfonamides is 1. The molecule has 0 fully saturated rings. The Morgan fingerprint density at radius 3 is 2.53 bits per heavy atom. The number of ether oxygens (including phenoxy) is 4. The molecule has 1 heterocycles. The first-order chi connectivity index (χ1) is 14.2. The van der Waals surface area contributed by atoms with Crippen molar-refractivity contribution in [1.29, 1.82) is 0 Å². The molecule has 1 aliphatic rings. The number of benzene rings is 2. The van der Waals surface area contributed by atoms with Crippen LogP contribution in [0.1, 0.15) is 12.5 Å². The maximum atomic E-state index is 12.8. The number of amides is 1. The number of methoxy groups -OCH3 is 2. The summed E-state index contributed by atoms with van der Waals surface area (Å²) in [6, 6.07) is 9.05. The van der Waals surface area contributed by atoms with E-state index in [1.165, 1.54) is 27.2 Å². The van der Waals surface area contributed by atoms with Crippen LogP contribution in [0, 0.1) is 0 Å². The fourth-order valence-electron chi connectivity index (χ4n) is 3.14. The van der Waals surface area contributed by atoms with E-state index in [1.807, 2.05) is 0 Å². The van der Waals surface area contributed by atoms with Gasteiger partial charge >= 0.3 is 0 Å². The minimum absolute atomic E-state index is 0.161. The fourth-order valence-corrected chi connectivity index (χ4v) is 4.31. The quantitative estimate of drug-likeness (QED) is 0.674. The minimum atomic E-state index is -3.81. The summed E-state index contributed by atoms with van der Waals surface area (Å²) in [5.41, 5.74) is 1.01. The highest BCUT2D eigenvalue weighted by Crippen LogP contribution is 2.35. The number of nitrogens with zero attached hydrogens (tertiary/aromatic N) is 1. The normalized spacial score (nSPS) is 13.5. The maximum Gasteiger partial charge on any atom is 0.243 e. The zero-order chi connectivity index (χ0) is 21.9. The van der Waals surface area contributed by atoms with E-state index < -0.39 is 22.0 Å². The van der Waals surface area contributed by atoms with E-state index in [9.17, 15) is 13.2 Å². The Kier molecular flexibility index (Phi) is 6.25. The second kappa shape index (κ2) is 8.70. The Hall–Kier alpha value is -3.14. The van der Waals surface area contributed by atoms with Gasteiger partial charge in [-0.1, -0.05) is 6.07 Å². The third kappa shape index (κ3) is 4.54. The van der Waals surface area contributed by atoms with E-state index in [-0.39, 0.29) is 19.0 Å². The van der Waals surface area contributed by atoms with Crippen molar-refractivity contribution >= 4 is 21.6 Å². The van der Waals surface area contributed by atoms with E-state index in [2.05, 4.69) is 5.32 Å². The van der Waals surface area contributed by atoms with Crippen molar-refractivity contribution in [2.45, 2.75) is 19.5 Å². The number of fused-ring (bicyclic) bond motifs is 1. The second-order valence-electron chi connectivity index (χ2n) is 6.68. The van der Waals surface area contributed by atoms with Crippen LogP contribution in [0.5, 0.6) is 23.0 Å². The molecular formula is C20H24N2O7S. The number of hydrogen-bond acceptors (Lipinski definition) is 7. The number of nitrogens with one attached hydrogen (secondary N) is 1. The molecule has 0 aliphatic carbocycles. The van der Waals surface area contributed by atoms with Crippen molar-refractivity contribution in [2.75, 3.05) is 31.6 Å². The molecule has 0 saturated heterocycles. The van der Waals surface area contributed by atoms with Crippen LogP contribution in [-0.2, 0) is 21.4 Å². The van der Waals surface area contributed by atoms with Crippen molar-refractivity contribution in [3.63, 3.8) is 0 Å². The van der Waals surface area contributed by atoms with Gasteiger partial charge in [0.2, 0.25) is 22.7 Å². The van der Waals surface area contributed by atoms with Crippen molar-refractivity contribution in [3.8, 4) is 23.0 Å². The molecule has 1 aliphatic heterocycles. The topological polar surface area (TPSA) is 103 Å². The van der Waals surface area contributed by atoms with Gasteiger partial charge in [0, 0.05) is 12.6 Å². The molecule has 0 aromatic heterocycles. The summed E-state index contributed by atoms with van der Waals surface area (Å²) in [4.78, 5) is 12.8. The number of carbonyl (C=O) groups excluding carboxylic acids is 1. The number of anilines is 1. The zero-order valence-corrected chi connectivity index (χ0v) is 18.0. The maximum absolute atomic E-state index is 12.8. The first kappa shape index (κ1) is 21.6. The first-order valence-corrected chi connectivity index (χ1v) is 11.0. The van der Waals surface area contributed by atoms with E-state index in [1.54, 1.807) is 30.3 Å². The molecule has 3 rings (SSSR count). The Morgan fingerprint density at radius 1 is 1.13 bits per heavy atom. The SMILES string of the molecule is COc1ccc(OC)c(N([C@@H](C)C(=O)NCc2ccc3c(c2)OCO3)S(C)(=O)=O)c1. The molecule has 0 unspecified atom stereocenters. The average molecular weight is 436 g/mol. The molecule has 162 valence electrons. The zero-order valence-electron chi connectivity index (χ0n) is 17.2. The predicted molar refractivity (Wildman–Crippen MR) is 111 cm³/mol. The molecule has 0 spiro atoms. The van der Waals surface area contributed by atoms with Crippen LogP contribution in [0.2, 0.25) is 0 Å². The monoisotopic (exact) mass is 436 g/mol. The van der Waals surface area contributed by atoms with Gasteiger partial charge in [-0.15, -0.1) is 0 Å². The van der Waals surface area contributed by atoms with Gasteiger partial charge in [-0.3, -0.25) is 9.10 Å². The first-order valence-electron chi connectivity index (χ1n) is 9.12. The summed E-state index contributed by atoms with van der Waals surface area (Å²) in [6.07, 6.45) is 1.04. The van der Waals surface area contributed by atoms with E-state index in [0.29, 0.717) is 23.0 Å². The highest BCUT2D eigenvalue weighted by atomic mass is 32.2. The van der Waals surface area contributed by atoms with Crippen LogP contribution in [-0.4, -0.2) is 47.6 Å². The molecule has 0 bridgehead atoms. The summed E-state index contributed by atoms with van der Waals surface area (Å²) in [6.45, 7) is 1.87. The van der Waals surface area contributed by atoms with Gasteiger partial charge in [0.25, 0.3) is 0 Å². The molecule has 30 heavy (non-hydrogen) atoms. The number of carbonyl (C=O) groups is 1. The third-order valence-electron chi connectivity index (χ3n) is 4.62. The Bertz CT molecular complexity index is 1040. The lowest BCUT2D eigenvalue weighted by Gasteiger charge is -2.29. The summed E-state index contributed by atoms with van der Waals surface area (Å²) in [5.74, 6) is 1.52. The van der Waals surface area contributed by atoms with Crippen molar-refractivity contribution < 1.29 is 32.2 Å². The summed E-state index contributed by atoms with van der Waals surface area (Å²) in [5, 5.41) is 2.76. The molecule has 2 aromatic carbocycles. The van der Waals surface area contributed by atoms with E-state index >= 15 is 0 Å². The molecular weight excluding hydrogens is 412 g/mol. The Labute approximate surface area is 175 Å². The van der Waals surface area contributed by atoms with Crippen LogP contribution in [0.4, 0.5) is 5.69 Å². The molecule has 1 N–H and O–H groups in total. The van der Waals surface area contributed by atoms with Gasteiger partial charge < -0.3 is 24.3 Å². The van der Waals surface area contributed by atoms with E-state index in [4.69, 9.17) is 18.9 Å². The predicted octanol–water partition coefficient (Wildman–Crippen LogP) is 1.90. The molecule has 1 atom stereocenters. The summed E-state index contributed by atoms with van der Waals surface area (Å²) < 4.78 is 47.3. The van der Waals surface area contributed by atoms with Crippen LogP contribution in [0.25, 0.3) is 0 Å². The smallest absolute Gasteiger partial charge is 0.243 e. The van der Waals surface area contributed by atoms with Crippen LogP contribution in [0.3, 0.4) is 0 Å². The van der Waals surface area contributed by atoms with Gasteiger partial charge in [0.05, 0.1) is 26.2 Å². The molecule has 9 nitrogen and oxygen atoms in total. The number of rotatable bonds is 8.